The number of aromatic nitrogens is 1. The van der Waals surface area contributed by atoms with Crippen LogP contribution < -0.4 is 9.47 Å². The number of pyridine rings is 1. The van der Waals surface area contributed by atoms with Gasteiger partial charge in [-0.05, 0) is 51.5 Å². The first-order chi connectivity index (χ1) is 11.8. The Morgan fingerprint density at radius 1 is 1.24 bits per heavy atom. The summed E-state index contributed by atoms with van der Waals surface area (Å²) in [6, 6.07) is 9.44. The third-order valence-corrected chi connectivity index (χ3v) is 4.45. The van der Waals surface area contributed by atoms with Gasteiger partial charge in [-0.2, -0.15) is 0 Å². The van der Waals surface area contributed by atoms with E-state index in [9.17, 15) is 4.79 Å². The van der Waals surface area contributed by atoms with Crippen molar-refractivity contribution in [2.45, 2.75) is 39.8 Å². The van der Waals surface area contributed by atoms with Crippen molar-refractivity contribution in [3.8, 4) is 11.5 Å². The highest BCUT2D eigenvalue weighted by molar-refractivity contribution is 5.92. The summed E-state index contributed by atoms with van der Waals surface area (Å²) in [5.41, 5.74) is 2.88. The van der Waals surface area contributed by atoms with Crippen LogP contribution in [0.15, 0.2) is 30.3 Å². The van der Waals surface area contributed by atoms with E-state index in [1.54, 1.807) is 18.1 Å². The van der Waals surface area contributed by atoms with E-state index in [4.69, 9.17) is 9.47 Å². The van der Waals surface area contributed by atoms with Gasteiger partial charge < -0.3 is 14.4 Å². The first kappa shape index (κ1) is 17.3. The number of aryl methyl sites for hydroxylation is 2. The summed E-state index contributed by atoms with van der Waals surface area (Å²) < 4.78 is 11.4. The van der Waals surface area contributed by atoms with Gasteiger partial charge in [-0.25, -0.2) is 4.98 Å². The minimum atomic E-state index is -0.507. The van der Waals surface area contributed by atoms with Crippen molar-refractivity contribution in [2.75, 3.05) is 13.7 Å². The molecule has 0 saturated heterocycles. The summed E-state index contributed by atoms with van der Waals surface area (Å²) in [4.78, 5) is 19.3. The number of carbonyl (C=O) groups excluding carboxylic acids is 1. The topological polar surface area (TPSA) is 51.7 Å². The van der Waals surface area contributed by atoms with E-state index in [2.05, 4.69) is 4.98 Å². The molecule has 0 bridgehead atoms. The third kappa shape index (κ3) is 3.60. The number of hydrogen-bond acceptors (Lipinski definition) is 4. The zero-order chi connectivity index (χ0) is 18.2. The quantitative estimate of drug-likeness (QED) is 0.839. The number of carbonyl (C=O) groups is 1. The molecule has 1 aliphatic heterocycles. The molecule has 0 spiro atoms. The van der Waals surface area contributed by atoms with Crippen LogP contribution in [-0.2, 0) is 6.54 Å². The second kappa shape index (κ2) is 6.39. The van der Waals surface area contributed by atoms with Crippen molar-refractivity contribution in [2.24, 2.45) is 0 Å². The van der Waals surface area contributed by atoms with Gasteiger partial charge in [-0.15, -0.1) is 0 Å². The SMILES string of the molecule is COc1ccc2c(c1)OC(C)(C)CN(C(=O)c1ccc(C)c(C)n1)C2. The molecule has 5 heteroatoms. The average molecular weight is 340 g/mol. The van der Waals surface area contributed by atoms with Crippen LogP contribution in [0.2, 0.25) is 0 Å². The normalized spacial score (nSPS) is 15.8. The van der Waals surface area contributed by atoms with Crippen LogP contribution in [0.3, 0.4) is 0 Å². The van der Waals surface area contributed by atoms with E-state index in [1.807, 2.05) is 52.0 Å². The Kier molecular flexibility index (Phi) is 4.41. The van der Waals surface area contributed by atoms with Crippen LogP contribution in [0.1, 0.15) is 41.2 Å². The Labute approximate surface area is 148 Å². The molecule has 0 radical (unpaired) electrons. The minimum Gasteiger partial charge on any atom is -0.497 e. The molecule has 0 aliphatic carbocycles. The smallest absolute Gasteiger partial charge is 0.272 e. The number of rotatable bonds is 2. The van der Waals surface area contributed by atoms with Crippen LogP contribution in [0.5, 0.6) is 11.5 Å². The van der Waals surface area contributed by atoms with Crippen LogP contribution in [0.25, 0.3) is 0 Å². The molecule has 0 atom stereocenters. The molecule has 1 aromatic carbocycles. The maximum absolute atomic E-state index is 13.0. The van der Waals surface area contributed by atoms with Crippen LogP contribution >= 0.6 is 0 Å². The number of benzene rings is 1. The zero-order valence-electron chi connectivity index (χ0n) is 15.4. The summed E-state index contributed by atoms with van der Waals surface area (Å²) in [6.45, 7) is 8.84. The molecule has 2 heterocycles. The van der Waals surface area contributed by atoms with Gasteiger partial charge in [0.1, 0.15) is 22.8 Å². The molecule has 0 unspecified atom stereocenters. The fourth-order valence-electron chi connectivity index (χ4n) is 2.99. The molecule has 3 rings (SSSR count). The van der Waals surface area contributed by atoms with Crippen molar-refractivity contribution >= 4 is 5.91 Å². The highest BCUT2D eigenvalue weighted by Crippen LogP contribution is 2.33. The molecule has 0 N–H and O–H groups in total. The monoisotopic (exact) mass is 340 g/mol. The number of methoxy groups -OCH3 is 1. The van der Waals surface area contributed by atoms with Gasteiger partial charge in [-0.3, -0.25) is 4.79 Å². The first-order valence-electron chi connectivity index (χ1n) is 8.38. The lowest BCUT2D eigenvalue weighted by molar-refractivity contribution is 0.0495. The molecule has 2 aromatic rings. The van der Waals surface area contributed by atoms with E-state index in [0.29, 0.717) is 18.8 Å². The summed E-state index contributed by atoms with van der Waals surface area (Å²) in [5, 5.41) is 0. The Balaban J connectivity index is 1.95. The molecule has 1 aromatic heterocycles. The van der Waals surface area contributed by atoms with Gasteiger partial charge in [-0.1, -0.05) is 6.07 Å². The number of ether oxygens (including phenoxy) is 2. The van der Waals surface area contributed by atoms with Gasteiger partial charge in [0.25, 0.3) is 5.91 Å². The largest absolute Gasteiger partial charge is 0.497 e. The Hall–Kier alpha value is -2.56. The number of hydrogen-bond donors (Lipinski definition) is 0. The lowest BCUT2D eigenvalue weighted by Crippen LogP contribution is -2.43. The second-order valence-corrected chi connectivity index (χ2v) is 7.10. The van der Waals surface area contributed by atoms with Gasteiger partial charge in [0.2, 0.25) is 0 Å². The summed E-state index contributed by atoms with van der Waals surface area (Å²) in [6.07, 6.45) is 0. The van der Waals surface area contributed by atoms with Crippen molar-refractivity contribution < 1.29 is 14.3 Å². The third-order valence-electron chi connectivity index (χ3n) is 4.45. The number of amides is 1. The molecule has 1 aliphatic rings. The number of nitrogens with zero attached hydrogens (tertiary/aromatic N) is 2. The Morgan fingerprint density at radius 2 is 2.00 bits per heavy atom. The maximum atomic E-state index is 13.0. The van der Waals surface area contributed by atoms with Crippen LogP contribution in [0, 0.1) is 13.8 Å². The lowest BCUT2D eigenvalue weighted by Gasteiger charge is -2.29. The molecule has 132 valence electrons. The summed E-state index contributed by atoms with van der Waals surface area (Å²) >= 11 is 0. The lowest BCUT2D eigenvalue weighted by atomic mass is 10.1. The number of fused-ring (bicyclic) bond motifs is 1. The predicted octanol–water partition coefficient (Wildman–Crippen LogP) is 3.52. The molecular weight excluding hydrogens is 316 g/mol. The van der Waals surface area contributed by atoms with Gasteiger partial charge in [0.15, 0.2) is 0 Å². The molecule has 0 saturated carbocycles. The van der Waals surface area contributed by atoms with Crippen LogP contribution in [0.4, 0.5) is 0 Å². The highest BCUT2D eigenvalue weighted by atomic mass is 16.5. The Bertz CT molecular complexity index is 815. The van der Waals surface area contributed by atoms with E-state index in [-0.39, 0.29) is 5.91 Å². The fourth-order valence-corrected chi connectivity index (χ4v) is 2.99. The predicted molar refractivity (Wildman–Crippen MR) is 96.2 cm³/mol. The van der Waals surface area contributed by atoms with E-state index < -0.39 is 5.60 Å². The highest BCUT2D eigenvalue weighted by Gasteiger charge is 2.32. The van der Waals surface area contributed by atoms with E-state index >= 15 is 0 Å². The van der Waals surface area contributed by atoms with Crippen LogP contribution in [-0.4, -0.2) is 35.0 Å². The van der Waals surface area contributed by atoms with Crippen molar-refractivity contribution in [1.29, 1.82) is 0 Å². The molecule has 25 heavy (non-hydrogen) atoms. The van der Waals surface area contributed by atoms with Crippen molar-refractivity contribution in [3.05, 3.63) is 52.8 Å². The molecule has 1 amide bonds. The fraction of sp³-hybridized carbons (Fsp3) is 0.400. The first-order valence-corrected chi connectivity index (χ1v) is 8.38. The van der Waals surface area contributed by atoms with Crippen molar-refractivity contribution in [3.63, 3.8) is 0 Å². The minimum absolute atomic E-state index is 0.0801. The zero-order valence-corrected chi connectivity index (χ0v) is 15.4. The van der Waals surface area contributed by atoms with Gasteiger partial charge in [0, 0.05) is 23.9 Å². The molecule has 5 nitrogen and oxygen atoms in total. The summed E-state index contributed by atoms with van der Waals surface area (Å²) in [5.74, 6) is 1.42. The van der Waals surface area contributed by atoms with E-state index in [0.717, 1.165) is 28.3 Å². The van der Waals surface area contributed by atoms with E-state index in [1.165, 1.54) is 0 Å². The molecular formula is C20H24N2O3. The maximum Gasteiger partial charge on any atom is 0.272 e. The van der Waals surface area contributed by atoms with Gasteiger partial charge >= 0.3 is 0 Å². The average Bonchev–Trinajstić information content (AvgIpc) is 2.70. The van der Waals surface area contributed by atoms with Crippen molar-refractivity contribution in [1.82, 2.24) is 9.88 Å². The second-order valence-electron chi connectivity index (χ2n) is 7.10. The van der Waals surface area contributed by atoms with Gasteiger partial charge in [0.05, 0.1) is 13.7 Å². The molecule has 0 fully saturated rings. The Morgan fingerprint density at radius 3 is 2.68 bits per heavy atom. The standard InChI is InChI=1S/C20H24N2O3/c1-13-6-9-17(21-14(13)2)19(23)22-11-15-7-8-16(24-5)10-18(15)25-20(3,4)12-22/h6-10H,11-12H2,1-5H3. The summed E-state index contributed by atoms with van der Waals surface area (Å²) in [7, 11) is 1.63.